The second-order valence-electron chi connectivity index (χ2n) is 11.3. The number of amidine groups is 1. The van der Waals surface area contributed by atoms with E-state index < -0.39 is 23.1 Å². The van der Waals surface area contributed by atoms with Gasteiger partial charge < -0.3 is 19.5 Å². The highest BCUT2D eigenvalue weighted by atomic mass is 35.5. The Hall–Kier alpha value is -3.82. The van der Waals surface area contributed by atoms with E-state index in [9.17, 15) is 9.59 Å². The van der Waals surface area contributed by atoms with Gasteiger partial charge in [-0.05, 0) is 69.2 Å². The summed E-state index contributed by atoms with van der Waals surface area (Å²) in [6.07, 6.45) is 1.73. The number of rotatable bonds is 6. The maximum atomic E-state index is 14.5. The first-order chi connectivity index (χ1) is 19.5. The molecule has 0 bridgehead atoms. The van der Waals surface area contributed by atoms with E-state index in [1.54, 1.807) is 24.0 Å². The summed E-state index contributed by atoms with van der Waals surface area (Å²) < 4.78 is 17.9. The first-order valence-corrected chi connectivity index (χ1v) is 14.0. The standard InChI is InChI=1S/C31H33ClN4O5/c1-17(2)41-22-15-30(3,40-6)26-27-31(22,4)28-34-24(19-8-7-9-21(14-19)39-5)25(18-10-12-20(32)13-11-18)36(28)29(38)35(27)16-23(37)33-26/h7-15,17,24-25H,16H2,1-6H3,(H,33,37)/t24-,25+,30?,31?/m1/s1. The van der Waals surface area contributed by atoms with Gasteiger partial charge in [-0.2, -0.15) is 0 Å². The Morgan fingerprint density at radius 2 is 1.80 bits per heavy atom. The molecule has 1 aliphatic carbocycles. The summed E-state index contributed by atoms with van der Waals surface area (Å²) in [4.78, 5) is 36.2. The molecule has 0 aromatic heterocycles. The van der Waals surface area contributed by atoms with Crippen molar-refractivity contribution in [3.05, 3.63) is 87.9 Å². The number of hydrogen-bond acceptors (Lipinski definition) is 6. The highest BCUT2D eigenvalue weighted by molar-refractivity contribution is 6.30. The number of urea groups is 1. The lowest BCUT2D eigenvalue weighted by Crippen LogP contribution is -2.66. The van der Waals surface area contributed by atoms with Gasteiger partial charge in [0.05, 0.1) is 30.6 Å². The predicted octanol–water partition coefficient (Wildman–Crippen LogP) is 5.36. The van der Waals surface area contributed by atoms with E-state index in [0.29, 0.717) is 33.8 Å². The van der Waals surface area contributed by atoms with Crippen LogP contribution >= 0.6 is 11.6 Å². The molecule has 2 aromatic carbocycles. The van der Waals surface area contributed by atoms with Gasteiger partial charge in [0, 0.05) is 12.1 Å². The van der Waals surface area contributed by atoms with Gasteiger partial charge in [0.2, 0.25) is 5.91 Å². The Labute approximate surface area is 244 Å². The van der Waals surface area contributed by atoms with Crippen LogP contribution in [0.15, 0.2) is 76.8 Å². The molecule has 4 atom stereocenters. The lowest BCUT2D eigenvalue weighted by atomic mass is 9.71. The summed E-state index contributed by atoms with van der Waals surface area (Å²) in [6, 6.07) is 13.9. The molecule has 2 unspecified atom stereocenters. The van der Waals surface area contributed by atoms with E-state index in [1.807, 2.05) is 82.3 Å². The largest absolute Gasteiger partial charge is 0.497 e. The average molecular weight is 577 g/mol. The van der Waals surface area contributed by atoms with E-state index in [4.69, 9.17) is 30.8 Å². The van der Waals surface area contributed by atoms with Gasteiger partial charge in [0.25, 0.3) is 0 Å². The molecule has 1 fully saturated rings. The van der Waals surface area contributed by atoms with Gasteiger partial charge in [-0.15, -0.1) is 0 Å². The summed E-state index contributed by atoms with van der Waals surface area (Å²) in [5, 5.41) is 3.60. The van der Waals surface area contributed by atoms with Gasteiger partial charge in [0.1, 0.15) is 40.9 Å². The number of carbonyl (C=O) groups excluding carboxylic acids is 2. The minimum absolute atomic E-state index is 0.136. The maximum absolute atomic E-state index is 14.5. The molecule has 6 rings (SSSR count). The van der Waals surface area contributed by atoms with E-state index in [0.717, 1.165) is 11.1 Å². The number of fused-ring (bicyclic) bond motifs is 2. The number of halogens is 1. The molecular weight excluding hydrogens is 544 g/mol. The molecule has 10 heteroatoms. The normalized spacial score (nSPS) is 28.7. The zero-order valence-electron chi connectivity index (χ0n) is 23.9. The fourth-order valence-corrected chi connectivity index (χ4v) is 6.45. The van der Waals surface area contributed by atoms with Crippen molar-refractivity contribution in [1.29, 1.82) is 0 Å². The third-order valence-corrected chi connectivity index (χ3v) is 8.58. The zero-order chi connectivity index (χ0) is 29.3. The number of carbonyl (C=O) groups is 2. The van der Waals surface area contributed by atoms with Crippen LogP contribution in [-0.4, -0.2) is 60.0 Å². The molecule has 0 radical (unpaired) electrons. The maximum Gasteiger partial charge on any atom is 0.330 e. The predicted molar refractivity (Wildman–Crippen MR) is 154 cm³/mol. The van der Waals surface area contributed by atoms with Gasteiger partial charge in [-0.1, -0.05) is 35.9 Å². The van der Waals surface area contributed by atoms with Crippen molar-refractivity contribution in [2.24, 2.45) is 10.4 Å². The Morgan fingerprint density at radius 3 is 2.46 bits per heavy atom. The van der Waals surface area contributed by atoms with E-state index in [1.165, 1.54) is 0 Å². The third kappa shape index (κ3) is 4.05. The van der Waals surface area contributed by atoms with Crippen LogP contribution < -0.4 is 10.1 Å². The van der Waals surface area contributed by atoms with Crippen molar-refractivity contribution in [3.8, 4) is 5.75 Å². The van der Waals surface area contributed by atoms with Gasteiger partial charge in [-0.3, -0.25) is 19.6 Å². The zero-order valence-corrected chi connectivity index (χ0v) is 24.7. The molecule has 3 aliphatic heterocycles. The summed E-state index contributed by atoms with van der Waals surface area (Å²) in [5.41, 5.74) is 0.838. The van der Waals surface area contributed by atoms with Crippen molar-refractivity contribution in [3.63, 3.8) is 0 Å². The topological polar surface area (TPSA) is 92.7 Å². The van der Waals surface area contributed by atoms with Crippen LogP contribution in [0.5, 0.6) is 5.75 Å². The fourth-order valence-electron chi connectivity index (χ4n) is 6.33. The Kier molecular flexibility index (Phi) is 6.43. The van der Waals surface area contributed by atoms with Crippen LogP contribution in [0.4, 0.5) is 4.79 Å². The number of hydrogen-bond donors (Lipinski definition) is 1. The van der Waals surface area contributed by atoms with E-state index >= 15 is 0 Å². The molecule has 3 heterocycles. The molecule has 214 valence electrons. The van der Waals surface area contributed by atoms with Crippen LogP contribution in [0, 0.1) is 5.41 Å². The molecule has 3 amide bonds. The molecule has 0 spiro atoms. The van der Waals surface area contributed by atoms with Crippen LogP contribution in [0.25, 0.3) is 0 Å². The Morgan fingerprint density at radius 1 is 1.07 bits per heavy atom. The highest BCUT2D eigenvalue weighted by Crippen LogP contribution is 2.57. The van der Waals surface area contributed by atoms with Gasteiger partial charge >= 0.3 is 6.03 Å². The Bertz CT molecular complexity index is 1530. The van der Waals surface area contributed by atoms with Gasteiger partial charge in [-0.25, -0.2) is 4.79 Å². The average Bonchev–Trinajstić information content (AvgIpc) is 3.36. The molecule has 4 aliphatic rings. The minimum Gasteiger partial charge on any atom is -0.497 e. The van der Waals surface area contributed by atoms with Crippen LogP contribution in [0.2, 0.25) is 5.02 Å². The number of methoxy groups -OCH3 is 2. The molecule has 1 saturated heterocycles. The van der Waals surface area contributed by atoms with E-state index in [-0.39, 0.29) is 24.6 Å². The second-order valence-corrected chi connectivity index (χ2v) is 11.7. The fraction of sp³-hybridized carbons (Fsp3) is 0.387. The Balaban J connectivity index is 1.63. The summed E-state index contributed by atoms with van der Waals surface area (Å²) in [6.45, 7) is 7.63. The molecule has 1 N–H and O–H groups in total. The number of nitrogens with zero attached hydrogens (tertiary/aromatic N) is 3. The van der Waals surface area contributed by atoms with Gasteiger partial charge in [0.15, 0.2) is 0 Å². The molecule has 0 saturated carbocycles. The monoisotopic (exact) mass is 576 g/mol. The van der Waals surface area contributed by atoms with Crippen molar-refractivity contribution >= 4 is 29.4 Å². The van der Waals surface area contributed by atoms with Crippen molar-refractivity contribution in [1.82, 2.24) is 15.1 Å². The lowest BCUT2D eigenvalue weighted by Gasteiger charge is -2.54. The second kappa shape index (κ2) is 9.63. The van der Waals surface area contributed by atoms with Crippen LogP contribution in [0.3, 0.4) is 0 Å². The van der Waals surface area contributed by atoms with Crippen molar-refractivity contribution in [2.75, 3.05) is 20.8 Å². The van der Waals surface area contributed by atoms with Crippen molar-refractivity contribution in [2.45, 2.75) is 51.5 Å². The number of amides is 3. The first kappa shape index (κ1) is 27.4. The number of benzene rings is 2. The summed E-state index contributed by atoms with van der Waals surface area (Å²) in [5.74, 6) is 1.54. The quantitative estimate of drug-likeness (QED) is 0.500. The van der Waals surface area contributed by atoms with Crippen molar-refractivity contribution < 1.29 is 23.8 Å². The summed E-state index contributed by atoms with van der Waals surface area (Å²) in [7, 11) is 3.19. The number of ether oxygens (including phenoxy) is 3. The van der Waals surface area contributed by atoms with Crippen LogP contribution in [-0.2, 0) is 14.3 Å². The molecular formula is C31H33ClN4O5. The lowest BCUT2D eigenvalue weighted by molar-refractivity contribution is -0.123. The third-order valence-electron chi connectivity index (χ3n) is 8.33. The minimum atomic E-state index is -1.03. The smallest absolute Gasteiger partial charge is 0.330 e. The SMILES string of the molecule is COc1cccc([C@H]2N=C3N(C(=O)N4CC(=O)NC5=C4C3(C)C(OC(C)C)=CC5(C)OC)[C@H]2c2ccc(Cl)cc2)c1. The number of nitrogens with one attached hydrogen (secondary N) is 1. The number of aliphatic imine (C=N–C) groups is 1. The van der Waals surface area contributed by atoms with Crippen LogP contribution in [0.1, 0.15) is 50.9 Å². The summed E-state index contributed by atoms with van der Waals surface area (Å²) >= 11 is 6.26. The van der Waals surface area contributed by atoms with E-state index in [2.05, 4.69) is 5.32 Å². The molecule has 2 aromatic rings. The molecule has 41 heavy (non-hydrogen) atoms. The highest BCUT2D eigenvalue weighted by Gasteiger charge is 2.63. The first-order valence-electron chi connectivity index (χ1n) is 13.6. The molecule has 9 nitrogen and oxygen atoms in total.